The van der Waals surface area contributed by atoms with E-state index in [1.165, 1.54) is 0 Å². The molecule has 0 aromatic carbocycles. The number of amides is 1. The van der Waals surface area contributed by atoms with Crippen molar-refractivity contribution in [2.24, 2.45) is 5.73 Å². The predicted octanol–water partition coefficient (Wildman–Crippen LogP) is 1.78. The van der Waals surface area contributed by atoms with Crippen LogP contribution in [0.3, 0.4) is 0 Å². The Bertz CT molecular complexity index is 220. The second kappa shape index (κ2) is 7.67. The number of ether oxygens (including phenoxy) is 1. The topological polar surface area (TPSA) is 55.6 Å². The van der Waals surface area contributed by atoms with Gasteiger partial charge in [-0.3, -0.25) is 4.79 Å². The van der Waals surface area contributed by atoms with Crippen LogP contribution in [0.4, 0.5) is 0 Å². The zero-order chi connectivity index (χ0) is 13.5. The van der Waals surface area contributed by atoms with Gasteiger partial charge in [0.05, 0.1) is 6.61 Å². The molecule has 0 radical (unpaired) electrons. The number of rotatable bonds is 8. The van der Waals surface area contributed by atoms with Crippen molar-refractivity contribution in [3.05, 3.63) is 0 Å². The van der Waals surface area contributed by atoms with Crippen LogP contribution in [-0.4, -0.2) is 42.6 Å². The lowest BCUT2D eigenvalue weighted by Gasteiger charge is -2.32. The first kappa shape index (κ1) is 16.4. The summed E-state index contributed by atoms with van der Waals surface area (Å²) in [6.45, 7) is 9.20. The van der Waals surface area contributed by atoms with Crippen molar-refractivity contribution in [1.29, 1.82) is 0 Å². The lowest BCUT2D eigenvalue weighted by molar-refractivity contribution is -0.135. The Labute approximate surface area is 105 Å². The van der Waals surface area contributed by atoms with Gasteiger partial charge in [0, 0.05) is 31.7 Å². The minimum absolute atomic E-state index is 0.128. The van der Waals surface area contributed by atoms with Gasteiger partial charge in [-0.1, -0.05) is 13.8 Å². The molecule has 0 aromatic heterocycles. The van der Waals surface area contributed by atoms with E-state index in [9.17, 15) is 4.79 Å². The standard InChI is InChI=1S/C13H28N2O2/c1-6-11(7-2)15(8-9-17-5)12(16)10-13(3,4)14/h11H,6-10,14H2,1-5H3. The molecule has 0 saturated carbocycles. The quantitative estimate of drug-likeness (QED) is 0.708. The molecule has 0 heterocycles. The summed E-state index contributed by atoms with van der Waals surface area (Å²) >= 11 is 0. The van der Waals surface area contributed by atoms with Crippen LogP contribution in [0.15, 0.2) is 0 Å². The molecule has 0 aliphatic rings. The van der Waals surface area contributed by atoms with E-state index >= 15 is 0 Å². The Kier molecular flexibility index (Phi) is 7.39. The van der Waals surface area contributed by atoms with Crippen LogP contribution in [0.1, 0.15) is 47.0 Å². The zero-order valence-electron chi connectivity index (χ0n) is 12.0. The highest BCUT2D eigenvalue weighted by Gasteiger charge is 2.25. The third-order valence-electron chi connectivity index (χ3n) is 2.85. The molecule has 0 atom stereocenters. The van der Waals surface area contributed by atoms with Gasteiger partial charge in [-0.25, -0.2) is 0 Å². The monoisotopic (exact) mass is 244 g/mol. The molecular weight excluding hydrogens is 216 g/mol. The van der Waals surface area contributed by atoms with Crippen LogP contribution in [0.2, 0.25) is 0 Å². The zero-order valence-corrected chi connectivity index (χ0v) is 12.0. The highest BCUT2D eigenvalue weighted by atomic mass is 16.5. The Hall–Kier alpha value is -0.610. The molecule has 0 unspecified atom stereocenters. The average molecular weight is 244 g/mol. The van der Waals surface area contributed by atoms with Crippen molar-refractivity contribution in [3.8, 4) is 0 Å². The third kappa shape index (κ3) is 6.64. The first-order valence-corrected chi connectivity index (χ1v) is 6.43. The molecule has 4 heteroatoms. The minimum atomic E-state index is -0.450. The van der Waals surface area contributed by atoms with E-state index in [0.717, 1.165) is 12.8 Å². The first-order chi connectivity index (χ1) is 7.85. The molecule has 0 aromatic rings. The third-order valence-corrected chi connectivity index (χ3v) is 2.85. The maximum atomic E-state index is 12.2. The van der Waals surface area contributed by atoms with Crippen LogP contribution in [0.5, 0.6) is 0 Å². The number of nitrogens with two attached hydrogens (primary N) is 1. The molecule has 0 rings (SSSR count). The summed E-state index contributed by atoms with van der Waals surface area (Å²) in [6, 6.07) is 0.292. The van der Waals surface area contributed by atoms with Crippen LogP contribution in [0.25, 0.3) is 0 Å². The molecule has 0 bridgehead atoms. The van der Waals surface area contributed by atoms with Gasteiger partial charge >= 0.3 is 0 Å². The summed E-state index contributed by atoms with van der Waals surface area (Å²) < 4.78 is 5.07. The summed E-state index contributed by atoms with van der Waals surface area (Å²) in [7, 11) is 1.66. The van der Waals surface area contributed by atoms with Gasteiger partial charge in [0.2, 0.25) is 5.91 Å². The van der Waals surface area contributed by atoms with Crippen LogP contribution in [0, 0.1) is 0 Å². The summed E-state index contributed by atoms with van der Waals surface area (Å²) in [5, 5.41) is 0. The Morgan fingerprint density at radius 3 is 2.24 bits per heavy atom. The van der Waals surface area contributed by atoms with Crippen LogP contribution < -0.4 is 5.73 Å². The van der Waals surface area contributed by atoms with Gasteiger partial charge < -0.3 is 15.4 Å². The number of hydrogen-bond acceptors (Lipinski definition) is 3. The molecule has 0 spiro atoms. The van der Waals surface area contributed by atoms with Crippen molar-refractivity contribution in [3.63, 3.8) is 0 Å². The van der Waals surface area contributed by atoms with E-state index in [0.29, 0.717) is 25.6 Å². The highest BCUT2D eigenvalue weighted by Crippen LogP contribution is 2.14. The second-order valence-electron chi connectivity index (χ2n) is 5.22. The number of nitrogens with zero attached hydrogens (tertiary/aromatic N) is 1. The largest absolute Gasteiger partial charge is 0.383 e. The van der Waals surface area contributed by atoms with E-state index in [4.69, 9.17) is 10.5 Å². The molecule has 4 nitrogen and oxygen atoms in total. The number of carbonyl (C=O) groups is 1. The number of hydrogen-bond donors (Lipinski definition) is 1. The second-order valence-corrected chi connectivity index (χ2v) is 5.22. The number of methoxy groups -OCH3 is 1. The van der Waals surface area contributed by atoms with Gasteiger partial charge in [0.15, 0.2) is 0 Å². The molecule has 0 saturated heterocycles. The van der Waals surface area contributed by atoms with E-state index in [2.05, 4.69) is 13.8 Å². The average Bonchev–Trinajstić information content (AvgIpc) is 2.21. The molecule has 0 aliphatic heterocycles. The van der Waals surface area contributed by atoms with Gasteiger partial charge in [0.25, 0.3) is 0 Å². The van der Waals surface area contributed by atoms with Gasteiger partial charge in [0.1, 0.15) is 0 Å². The van der Waals surface area contributed by atoms with Gasteiger partial charge in [-0.05, 0) is 26.7 Å². The van der Waals surface area contributed by atoms with Crippen molar-refractivity contribution in [2.75, 3.05) is 20.3 Å². The molecule has 102 valence electrons. The molecule has 1 amide bonds. The highest BCUT2D eigenvalue weighted by molar-refractivity contribution is 5.77. The SMILES string of the molecule is CCC(CC)N(CCOC)C(=O)CC(C)(C)N. The van der Waals surface area contributed by atoms with Gasteiger partial charge in [-0.15, -0.1) is 0 Å². The lowest BCUT2D eigenvalue weighted by atomic mass is 10.00. The Morgan fingerprint density at radius 1 is 1.35 bits per heavy atom. The lowest BCUT2D eigenvalue weighted by Crippen LogP contribution is -2.46. The molecular formula is C13H28N2O2. The van der Waals surface area contributed by atoms with Crippen molar-refractivity contribution < 1.29 is 9.53 Å². The summed E-state index contributed by atoms with van der Waals surface area (Å²) in [5.74, 6) is 0.128. The van der Waals surface area contributed by atoms with Crippen LogP contribution in [-0.2, 0) is 9.53 Å². The molecule has 2 N–H and O–H groups in total. The Balaban J connectivity index is 4.60. The Morgan fingerprint density at radius 2 is 1.88 bits per heavy atom. The molecule has 17 heavy (non-hydrogen) atoms. The smallest absolute Gasteiger partial charge is 0.224 e. The molecule has 0 fully saturated rings. The fourth-order valence-corrected chi connectivity index (χ4v) is 1.92. The minimum Gasteiger partial charge on any atom is -0.383 e. The van der Waals surface area contributed by atoms with Gasteiger partial charge in [-0.2, -0.15) is 0 Å². The summed E-state index contributed by atoms with van der Waals surface area (Å²) in [4.78, 5) is 14.1. The molecule has 0 aliphatic carbocycles. The summed E-state index contributed by atoms with van der Waals surface area (Å²) in [6.07, 6.45) is 2.32. The van der Waals surface area contributed by atoms with Crippen LogP contribution >= 0.6 is 0 Å². The van der Waals surface area contributed by atoms with Crippen molar-refractivity contribution >= 4 is 5.91 Å². The van der Waals surface area contributed by atoms with E-state index < -0.39 is 5.54 Å². The summed E-state index contributed by atoms with van der Waals surface area (Å²) in [5.41, 5.74) is 5.46. The first-order valence-electron chi connectivity index (χ1n) is 6.43. The fraction of sp³-hybridized carbons (Fsp3) is 0.923. The normalized spacial score (nSPS) is 11.9. The maximum Gasteiger partial charge on any atom is 0.224 e. The number of carbonyl (C=O) groups excluding carboxylic acids is 1. The van der Waals surface area contributed by atoms with E-state index in [-0.39, 0.29) is 5.91 Å². The van der Waals surface area contributed by atoms with Crippen molar-refractivity contribution in [1.82, 2.24) is 4.90 Å². The predicted molar refractivity (Wildman–Crippen MR) is 70.8 cm³/mol. The van der Waals surface area contributed by atoms with E-state index in [1.54, 1.807) is 7.11 Å². The van der Waals surface area contributed by atoms with E-state index in [1.807, 2.05) is 18.7 Å². The fourth-order valence-electron chi connectivity index (χ4n) is 1.92. The maximum absolute atomic E-state index is 12.2. The van der Waals surface area contributed by atoms with Crippen molar-refractivity contribution in [2.45, 2.75) is 58.5 Å².